The van der Waals surface area contributed by atoms with Gasteiger partial charge in [0.1, 0.15) is 5.82 Å². The zero-order valence-corrected chi connectivity index (χ0v) is 14.2. The molecule has 0 unspecified atom stereocenters. The zero-order chi connectivity index (χ0) is 18.3. The van der Waals surface area contributed by atoms with Gasteiger partial charge in [0, 0.05) is 0 Å². The molecule has 0 N–H and O–H groups in total. The molecule has 0 saturated carbocycles. The van der Waals surface area contributed by atoms with Gasteiger partial charge < -0.3 is 0 Å². The van der Waals surface area contributed by atoms with Gasteiger partial charge in [0.05, 0.1) is 12.2 Å². The molecule has 0 aliphatic carbocycles. The smallest absolute Gasteiger partial charge is 0.263 e. The van der Waals surface area contributed by atoms with Crippen molar-refractivity contribution < 1.29 is 14.0 Å². The minimum atomic E-state index is -0.825. The molecule has 2 atom stereocenters. The summed E-state index contributed by atoms with van der Waals surface area (Å²) in [6.45, 7) is 2.33. The molecule has 132 valence electrons. The molecule has 0 radical (unpaired) electrons. The average Bonchev–Trinajstić information content (AvgIpc) is 3.17. The van der Waals surface area contributed by atoms with Crippen molar-refractivity contribution in [1.82, 2.24) is 5.01 Å². The third-order valence-electron chi connectivity index (χ3n) is 4.72. The number of carbonyl (C=O) groups excluding carboxylic acids is 2. The maximum Gasteiger partial charge on any atom is 0.263 e. The van der Waals surface area contributed by atoms with Crippen LogP contribution in [0.15, 0.2) is 58.9 Å². The van der Waals surface area contributed by atoms with E-state index in [0.717, 1.165) is 17.5 Å². The van der Waals surface area contributed by atoms with Crippen molar-refractivity contribution in [2.75, 3.05) is 4.90 Å². The van der Waals surface area contributed by atoms with Crippen LogP contribution in [0.25, 0.3) is 0 Å². The number of fused-ring (bicyclic) bond motifs is 1. The first-order valence-electron chi connectivity index (χ1n) is 8.47. The van der Waals surface area contributed by atoms with Crippen LogP contribution in [0.2, 0.25) is 0 Å². The summed E-state index contributed by atoms with van der Waals surface area (Å²) >= 11 is 0. The molecular formula is C19H17FN4O2. The second kappa shape index (κ2) is 6.33. The van der Waals surface area contributed by atoms with E-state index in [9.17, 15) is 14.0 Å². The highest BCUT2D eigenvalue weighted by atomic mass is 19.1. The monoisotopic (exact) mass is 352 g/mol. The number of benzene rings is 2. The van der Waals surface area contributed by atoms with Crippen molar-refractivity contribution in [1.29, 1.82) is 0 Å². The van der Waals surface area contributed by atoms with E-state index in [1.165, 1.54) is 22.0 Å². The number of amides is 2. The number of rotatable bonds is 4. The van der Waals surface area contributed by atoms with Crippen molar-refractivity contribution in [3.63, 3.8) is 0 Å². The van der Waals surface area contributed by atoms with Gasteiger partial charge in [-0.25, -0.2) is 9.29 Å². The number of nitrogens with zero attached hydrogens (tertiary/aromatic N) is 4. The van der Waals surface area contributed by atoms with Crippen molar-refractivity contribution in [3.05, 3.63) is 65.5 Å². The Labute approximate surface area is 149 Å². The number of hydrogen-bond acceptors (Lipinski definition) is 5. The van der Waals surface area contributed by atoms with Gasteiger partial charge in [-0.05, 0) is 41.8 Å². The molecule has 7 heteroatoms. The summed E-state index contributed by atoms with van der Waals surface area (Å²) in [6.07, 6.45) is 0.882. The van der Waals surface area contributed by atoms with Crippen molar-refractivity contribution in [3.8, 4) is 0 Å². The first-order chi connectivity index (χ1) is 12.6. The maximum atomic E-state index is 13.1. The molecule has 4 rings (SSSR count). The van der Waals surface area contributed by atoms with Gasteiger partial charge in [-0.2, -0.15) is 5.11 Å². The van der Waals surface area contributed by atoms with Crippen LogP contribution in [0.4, 0.5) is 10.1 Å². The lowest BCUT2D eigenvalue weighted by Gasteiger charge is -2.20. The fourth-order valence-corrected chi connectivity index (χ4v) is 3.27. The molecule has 0 aromatic heterocycles. The summed E-state index contributed by atoms with van der Waals surface area (Å²) in [5.74, 6) is -1.03. The Hall–Kier alpha value is -3.09. The lowest BCUT2D eigenvalue weighted by Crippen LogP contribution is -2.39. The first-order valence-corrected chi connectivity index (χ1v) is 8.47. The van der Waals surface area contributed by atoms with E-state index in [1.807, 2.05) is 19.1 Å². The Morgan fingerprint density at radius 1 is 0.962 bits per heavy atom. The van der Waals surface area contributed by atoms with E-state index in [-0.39, 0.29) is 24.2 Å². The third kappa shape index (κ3) is 2.65. The minimum absolute atomic E-state index is 0.284. The Morgan fingerprint density at radius 3 is 2.27 bits per heavy atom. The second-order valence-electron chi connectivity index (χ2n) is 6.35. The molecule has 2 aromatic carbocycles. The van der Waals surface area contributed by atoms with Crippen LogP contribution in [0, 0.1) is 5.82 Å². The lowest BCUT2D eigenvalue weighted by atomic mass is 10.1. The molecule has 26 heavy (non-hydrogen) atoms. The highest BCUT2D eigenvalue weighted by Gasteiger charge is 2.54. The Kier molecular flexibility index (Phi) is 3.99. The molecule has 2 aliphatic heterocycles. The summed E-state index contributed by atoms with van der Waals surface area (Å²) in [5, 5.41) is 9.49. The highest BCUT2D eigenvalue weighted by molar-refractivity contribution is 6.25. The third-order valence-corrected chi connectivity index (χ3v) is 4.72. The summed E-state index contributed by atoms with van der Waals surface area (Å²) in [4.78, 5) is 26.7. The molecule has 1 fully saturated rings. The van der Waals surface area contributed by atoms with Crippen molar-refractivity contribution in [2.45, 2.75) is 32.0 Å². The minimum Gasteiger partial charge on any atom is -0.271 e. The second-order valence-corrected chi connectivity index (χ2v) is 6.35. The first kappa shape index (κ1) is 16.4. The fraction of sp³-hybridized carbons (Fsp3) is 0.263. The van der Waals surface area contributed by atoms with E-state index in [1.54, 1.807) is 24.3 Å². The number of aryl methyl sites for hydroxylation is 1. The number of halogens is 1. The molecule has 6 nitrogen and oxygen atoms in total. The van der Waals surface area contributed by atoms with Crippen molar-refractivity contribution in [2.24, 2.45) is 10.3 Å². The van der Waals surface area contributed by atoms with E-state index in [0.29, 0.717) is 5.69 Å². The van der Waals surface area contributed by atoms with E-state index in [4.69, 9.17) is 0 Å². The molecule has 2 amide bonds. The highest BCUT2D eigenvalue weighted by Crippen LogP contribution is 2.32. The van der Waals surface area contributed by atoms with Gasteiger partial charge in [-0.3, -0.25) is 14.6 Å². The zero-order valence-electron chi connectivity index (χ0n) is 14.2. The van der Waals surface area contributed by atoms with Gasteiger partial charge >= 0.3 is 0 Å². The Morgan fingerprint density at radius 2 is 1.62 bits per heavy atom. The summed E-state index contributed by atoms with van der Waals surface area (Å²) in [6, 6.07) is 11.7. The number of anilines is 1. The van der Waals surface area contributed by atoms with Crippen LogP contribution >= 0.6 is 0 Å². The van der Waals surface area contributed by atoms with Gasteiger partial charge in [0.2, 0.25) is 0 Å². The van der Waals surface area contributed by atoms with E-state index < -0.39 is 12.1 Å². The molecule has 0 spiro atoms. The number of hydrogen-bond donors (Lipinski definition) is 0. The average molecular weight is 352 g/mol. The molecule has 2 aromatic rings. The summed E-state index contributed by atoms with van der Waals surface area (Å²) < 4.78 is 13.1. The Bertz CT molecular complexity index is 879. The molecule has 2 heterocycles. The largest absolute Gasteiger partial charge is 0.271 e. The van der Waals surface area contributed by atoms with Gasteiger partial charge in [0.25, 0.3) is 11.8 Å². The molecule has 1 saturated heterocycles. The van der Waals surface area contributed by atoms with Crippen LogP contribution in [0.5, 0.6) is 0 Å². The van der Waals surface area contributed by atoms with Crippen LogP contribution in [0.1, 0.15) is 18.1 Å². The van der Waals surface area contributed by atoms with Crippen LogP contribution in [0.3, 0.4) is 0 Å². The number of imide groups is 1. The fourth-order valence-electron chi connectivity index (χ4n) is 3.27. The molecule has 0 bridgehead atoms. The van der Waals surface area contributed by atoms with Gasteiger partial charge in [0.15, 0.2) is 12.1 Å². The predicted octanol–water partition coefficient (Wildman–Crippen LogP) is 2.88. The summed E-state index contributed by atoms with van der Waals surface area (Å²) in [5.41, 5.74) is 2.46. The SMILES string of the molecule is CCc1ccc(N2C(=O)[C@H]3N=NN(Cc4ccc(F)cc4)[C@H]3C2=O)cc1. The predicted molar refractivity (Wildman–Crippen MR) is 92.7 cm³/mol. The normalized spacial score (nSPS) is 21.6. The van der Waals surface area contributed by atoms with Crippen LogP contribution in [-0.2, 0) is 22.6 Å². The van der Waals surface area contributed by atoms with Gasteiger partial charge in [-0.15, -0.1) is 0 Å². The lowest BCUT2D eigenvalue weighted by molar-refractivity contribution is -0.123. The van der Waals surface area contributed by atoms with Crippen molar-refractivity contribution >= 4 is 17.5 Å². The molecule has 2 aliphatic rings. The molecular weight excluding hydrogens is 335 g/mol. The topological polar surface area (TPSA) is 65.3 Å². The van der Waals surface area contributed by atoms with E-state index >= 15 is 0 Å². The maximum absolute atomic E-state index is 13.1. The van der Waals surface area contributed by atoms with Crippen LogP contribution < -0.4 is 4.90 Å². The van der Waals surface area contributed by atoms with E-state index in [2.05, 4.69) is 10.3 Å². The Balaban J connectivity index is 1.57. The van der Waals surface area contributed by atoms with Crippen LogP contribution in [-0.4, -0.2) is 28.9 Å². The summed E-state index contributed by atoms with van der Waals surface area (Å²) in [7, 11) is 0. The van der Waals surface area contributed by atoms with Gasteiger partial charge in [-0.1, -0.05) is 36.4 Å². The quantitative estimate of drug-likeness (QED) is 0.795. The standard InChI is InChI=1S/C19H17FN4O2/c1-2-12-5-9-15(10-6-12)24-18(25)16-17(19(24)26)23(22-21-16)11-13-3-7-14(20)8-4-13/h3-10,16-17H,2,11H2,1H3/t16-,17+/m0/s1. The number of carbonyl (C=O) groups is 2.